The number of thiazole rings is 1. The largest absolute Gasteiger partial charge is 0.465 e. The summed E-state index contributed by atoms with van der Waals surface area (Å²) in [6.07, 6.45) is 5.09. The van der Waals surface area contributed by atoms with E-state index in [-0.39, 0.29) is 5.97 Å². The SMILES string of the molecule is COC(=O)c1cnc(N2CCC3(CCOCC3)C2)s1. The molecule has 2 aliphatic rings. The van der Waals surface area contributed by atoms with E-state index >= 15 is 0 Å². The number of anilines is 1. The first-order chi connectivity index (χ1) is 9.22. The van der Waals surface area contributed by atoms with Crippen LogP contribution >= 0.6 is 11.3 Å². The van der Waals surface area contributed by atoms with E-state index in [2.05, 4.69) is 9.88 Å². The molecule has 0 aliphatic carbocycles. The van der Waals surface area contributed by atoms with Crippen LogP contribution in [-0.4, -0.2) is 44.4 Å². The van der Waals surface area contributed by atoms with E-state index in [0.29, 0.717) is 10.3 Å². The average Bonchev–Trinajstić information content (AvgIpc) is 3.06. The highest BCUT2D eigenvalue weighted by Gasteiger charge is 2.40. The molecule has 0 atom stereocenters. The minimum Gasteiger partial charge on any atom is -0.465 e. The number of methoxy groups -OCH3 is 1. The van der Waals surface area contributed by atoms with Crippen LogP contribution in [0.1, 0.15) is 28.9 Å². The topological polar surface area (TPSA) is 51.7 Å². The lowest BCUT2D eigenvalue weighted by Gasteiger charge is -2.33. The van der Waals surface area contributed by atoms with Crippen LogP contribution in [0.2, 0.25) is 0 Å². The van der Waals surface area contributed by atoms with Gasteiger partial charge in [-0.3, -0.25) is 0 Å². The fourth-order valence-electron chi connectivity index (χ4n) is 2.92. The molecule has 2 saturated heterocycles. The van der Waals surface area contributed by atoms with Crippen molar-refractivity contribution in [3.8, 4) is 0 Å². The summed E-state index contributed by atoms with van der Waals surface area (Å²) in [7, 11) is 1.40. The van der Waals surface area contributed by atoms with Crippen LogP contribution in [0.5, 0.6) is 0 Å². The van der Waals surface area contributed by atoms with Crippen molar-refractivity contribution in [2.75, 3.05) is 38.3 Å². The summed E-state index contributed by atoms with van der Waals surface area (Å²) in [4.78, 5) is 18.7. The molecule has 3 heterocycles. The lowest BCUT2D eigenvalue weighted by Crippen LogP contribution is -2.32. The van der Waals surface area contributed by atoms with Gasteiger partial charge in [0.1, 0.15) is 4.88 Å². The summed E-state index contributed by atoms with van der Waals surface area (Å²) in [5, 5.41) is 0.934. The maximum atomic E-state index is 11.4. The highest BCUT2D eigenvalue weighted by atomic mass is 32.1. The number of hydrogen-bond donors (Lipinski definition) is 0. The molecule has 0 amide bonds. The molecule has 104 valence electrons. The lowest BCUT2D eigenvalue weighted by molar-refractivity contribution is 0.0254. The normalized spacial score (nSPS) is 21.8. The molecule has 6 heteroatoms. The fourth-order valence-corrected chi connectivity index (χ4v) is 3.78. The second kappa shape index (κ2) is 5.09. The molecule has 1 spiro atoms. The van der Waals surface area contributed by atoms with Gasteiger partial charge in [-0.1, -0.05) is 11.3 Å². The molecule has 19 heavy (non-hydrogen) atoms. The maximum Gasteiger partial charge on any atom is 0.349 e. The van der Waals surface area contributed by atoms with Gasteiger partial charge in [0.25, 0.3) is 0 Å². The molecule has 1 aromatic rings. The molecule has 0 bridgehead atoms. The number of nitrogens with zero attached hydrogens (tertiary/aromatic N) is 2. The molecular formula is C13H18N2O3S. The van der Waals surface area contributed by atoms with Gasteiger partial charge in [0.05, 0.1) is 13.3 Å². The van der Waals surface area contributed by atoms with Crippen LogP contribution in [-0.2, 0) is 9.47 Å². The summed E-state index contributed by atoms with van der Waals surface area (Å²) >= 11 is 1.42. The van der Waals surface area contributed by atoms with Gasteiger partial charge >= 0.3 is 5.97 Å². The molecule has 1 aromatic heterocycles. The van der Waals surface area contributed by atoms with Crippen molar-refractivity contribution in [3.63, 3.8) is 0 Å². The Bertz CT molecular complexity index is 468. The van der Waals surface area contributed by atoms with E-state index in [0.717, 1.165) is 44.3 Å². The monoisotopic (exact) mass is 282 g/mol. The molecule has 0 radical (unpaired) electrons. The van der Waals surface area contributed by atoms with Crippen molar-refractivity contribution in [1.82, 2.24) is 4.98 Å². The zero-order valence-electron chi connectivity index (χ0n) is 11.1. The number of carbonyl (C=O) groups excluding carboxylic acids is 1. The zero-order valence-corrected chi connectivity index (χ0v) is 11.9. The first kappa shape index (κ1) is 12.9. The van der Waals surface area contributed by atoms with Crippen molar-refractivity contribution in [1.29, 1.82) is 0 Å². The summed E-state index contributed by atoms with van der Waals surface area (Å²) < 4.78 is 10.2. The number of aromatic nitrogens is 1. The Morgan fingerprint density at radius 1 is 1.47 bits per heavy atom. The van der Waals surface area contributed by atoms with E-state index in [1.165, 1.54) is 24.9 Å². The summed E-state index contributed by atoms with van der Waals surface area (Å²) in [5.41, 5.74) is 0.398. The number of ether oxygens (including phenoxy) is 2. The third-order valence-corrected chi connectivity index (χ3v) is 5.18. The van der Waals surface area contributed by atoms with Gasteiger partial charge in [0.2, 0.25) is 0 Å². The summed E-state index contributed by atoms with van der Waals surface area (Å²) in [6, 6.07) is 0. The smallest absolute Gasteiger partial charge is 0.349 e. The number of esters is 1. The predicted molar refractivity (Wildman–Crippen MR) is 72.8 cm³/mol. The van der Waals surface area contributed by atoms with Crippen LogP contribution in [0.15, 0.2) is 6.20 Å². The number of carbonyl (C=O) groups is 1. The number of rotatable bonds is 2. The minimum atomic E-state index is -0.302. The van der Waals surface area contributed by atoms with Gasteiger partial charge in [-0.05, 0) is 24.7 Å². The fraction of sp³-hybridized carbons (Fsp3) is 0.692. The second-order valence-corrected chi connectivity index (χ2v) is 6.29. The molecule has 5 nitrogen and oxygen atoms in total. The van der Waals surface area contributed by atoms with Crippen LogP contribution < -0.4 is 4.90 Å². The third-order valence-electron chi connectivity index (χ3n) is 4.14. The Morgan fingerprint density at radius 2 is 2.26 bits per heavy atom. The molecule has 0 saturated carbocycles. The standard InChI is InChI=1S/C13H18N2O3S/c1-17-11(16)10-8-14-12(19-10)15-5-2-13(9-15)3-6-18-7-4-13/h8H,2-7,9H2,1H3. The second-order valence-electron chi connectivity index (χ2n) is 5.28. The van der Waals surface area contributed by atoms with Gasteiger partial charge in [-0.15, -0.1) is 0 Å². The van der Waals surface area contributed by atoms with E-state index in [9.17, 15) is 4.79 Å². The van der Waals surface area contributed by atoms with Gasteiger partial charge in [-0.25, -0.2) is 9.78 Å². The molecule has 3 rings (SSSR count). The number of hydrogen-bond acceptors (Lipinski definition) is 6. The Hall–Kier alpha value is -1.14. The van der Waals surface area contributed by atoms with Crippen molar-refractivity contribution < 1.29 is 14.3 Å². The molecule has 0 aromatic carbocycles. The molecule has 0 N–H and O–H groups in total. The van der Waals surface area contributed by atoms with Gasteiger partial charge < -0.3 is 14.4 Å². The van der Waals surface area contributed by atoms with Crippen molar-refractivity contribution >= 4 is 22.4 Å². The van der Waals surface area contributed by atoms with Gasteiger partial charge in [0, 0.05) is 26.3 Å². The van der Waals surface area contributed by atoms with E-state index < -0.39 is 0 Å². The Labute approximate surface area is 116 Å². The highest BCUT2D eigenvalue weighted by molar-refractivity contribution is 7.17. The average molecular weight is 282 g/mol. The van der Waals surface area contributed by atoms with E-state index in [4.69, 9.17) is 9.47 Å². The molecular weight excluding hydrogens is 264 g/mol. The zero-order chi connectivity index (χ0) is 13.3. The predicted octanol–water partition coefficient (Wildman–Crippen LogP) is 1.94. The summed E-state index contributed by atoms with van der Waals surface area (Å²) in [5.74, 6) is -0.302. The van der Waals surface area contributed by atoms with Crippen LogP contribution in [0.25, 0.3) is 0 Å². The lowest BCUT2D eigenvalue weighted by atomic mass is 9.80. The minimum absolute atomic E-state index is 0.302. The molecule has 0 unspecified atom stereocenters. The Kier molecular flexibility index (Phi) is 3.45. The molecule has 2 aliphatic heterocycles. The van der Waals surface area contributed by atoms with Crippen molar-refractivity contribution in [3.05, 3.63) is 11.1 Å². The maximum absolute atomic E-state index is 11.4. The quantitative estimate of drug-likeness (QED) is 0.776. The van der Waals surface area contributed by atoms with E-state index in [1.807, 2.05) is 0 Å². The van der Waals surface area contributed by atoms with E-state index in [1.54, 1.807) is 6.20 Å². The Balaban J connectivity index is 1.70. The highest BCUT2D eigenvalue weighted by Crippen LogP contribution is 2.42. The van der Waals surface area contributed by atoms with Gasteiger partial charge in [-0.2, -0.15) is 0 Å². The Morgan fingerprint density at radius 3 is 3.00 bits per heavy atom. The first-order valence-electron chi connectivity index (χ1n) is 6.59. The van der Waals surface area contributed by atoms with Crippen LogP contribution in [0.4, 0.5) is 5.13 Å². The van der Waals surface area contributed by atoms with Crippen LogP contribution in [0.3, 0.4) is 0 Å². The van der Waals surface area contributed by atoms with Crippen molar-refractivity contribution in [2.24, 2.45) is 5.41 Å². The van der Waals surface area contributed by atoms with Crippen LogP contribution in [0, 0.1) is 5.41 Å². The van der Waals surface area contributed by atoms with Gasteiger partial charge in [0.15, 0.2) is 5.13 Å². The third kappa shape index (κ3) is 2.47. The first-order valence-corrected chi connectivity index (χ1v) is 7.41. The summed E-state index contributed by atoms with van der Waals surface area (Å²) in [6.45, 7) is 3.80. The molecule has 2 fully saturated rings. The van der Waals surface area contributed by atoms with Crippen molar-refractivity contribution in [2.45, 2.75) is 19.3 Å².